The summed E-state index contributed by atoms with van der Waals surface area (Å²) in [5.41, 5.74) is -2.55. The van der Waals surface area contributed by atoms with Crippen LogP contribution in [0.1, 0.15) is 44.7 Å². The Bertz CT molecular complexity index is 686. The maximum Gasteiger partial charge on any atom is 0.404 e. The number of carbonyl (C=O) groups is 1. The van der Waals surface area contributed by atoms with E-state index in [1.54, 1.807) is 55.5 Å². The quantitative estimate of drug-likeness (QED) is 0.600. The minimum Gasteiger partial charge on any atom is -0.449 e. The van der Waals surface area contributed by atoms with E-state index in [9.17, 15) is 18.0 Å². The molecule has 0 spiro atoms. The van der Waals surface area contributed by atoms with Crippen LogP contribution in [0.4, 0.5) is 13.2 Å². The Morgan fingerprint density at radius 2 is 1.27 bits per heavy atom. The van der Waals surface area contributed by atoms with Crippen LogP contribution in [0, 0.1) is 5.41 Å². The second-order valence-electron chi connectivity index (χ2n) is 6.49. The summed E-state index contributed by atoms with van der Waals surface area (Å²) in [6.07, 6.45) is -4.77. The molecule has 0 heterocycles. The van der Waals surface area contributed by atoms with Crippen molar-refractivity contribution in [3.63, 3.8) is 0 Å². The van der Waals surface area contributed by atoms with Gasteiger partial charge in [0.05, 0.1) is 0 Å². The third-order valence-electron chi connectivity index (χ3n) is 5.03. The summed E-state index contributed by atoms with van der Waals surface area (Å²) in [5, 5.41) is 0. The van der Waals surface area contributed by atoms with Gasteiger partial charge in [0.2, 0.25) is 0 Å². The fourth-order valence-electron chi connectivity index (χ4n) is 2.91. The molecule has 2 aromatic rings. The Kier molecular flexibility index (Phi) is 5.79. The van der Waals surface area contributed by atoms with Gasteiger partial charge in [0.25, 0.3) is 0 Å². The van der Waals surface area contributed by atoms with Crippen LogP contribution in [0.2, 0.25) is 0 Å². The van der Waals surface area contributed by atoms with Crippen molar-refractivity contribution in [2.75, 3.05) is 0 Å². The van der Waals surface area contributed by atoms with Gasteiger partial charge in [-0.05, 0) is 19.8 Å². The number of alkyl halides is 3. The molecule has 26 heavy (non-hydrogen) atoms. The van der Waals surface area contributed by atoms with Gasteiger partial charge in [-0.1, -0.05) is 74.5 Å². The molecule has 5 heteroatoms. The molecule has 0 radical (unpaired) electrons. The molecule has 0 aliphatic heterocycles. The van der Waals surface area contributed by atoms with E-state index in [0.717, 1.165) is 6.92 Å². The van der Waals surface area contributed by atoms with E-state index < -0.39 is 29.6 Å². The zero-order chi connectivity index (χ0) is 19.4. The fraction of sp³-hybridized carbons (Fsp3) is 0.381. The first-order chi connectivity index (χ1) is 12.2. The fourth-order valence-corrected chi connectivity index (χ4v) is 2.91. The van der Waals surface area contributed by atoms with Gasteiger partial charge in [0.15, 0.2) is 11.0 Å². The van der Waals surface area contributed by atoms with Crippen molar-refractivity contribution in [1.29, 1.82) is 0 Å². The number of hydrogen-bond donors (Lipinski definition) is 0. The van der Waals surface area contributed by atoms with Crippen LogP contribution in [-0.4, -0.2) is 12.1 Å². The molecule has 0 aromatic heterocycles. The molecule has 0 aliphatic rings. The Balaban J connectivity index is 2.58. The van der Waals surface area contributed by atoms with Gasteiger partial charge in [0.1, 0.15) is 0 Å². The lowest BCUT2D eigenvalue weighted by Crippen LogP contribution is -2.47. The molecule has 0 amide bonds. The van der Waals surface area contributed by atoms with Crippen LogP contribution in [-0.2, 0) is 15.1 Å². The van der Waals surface area contributed by atoms with Gasteiger partial charge < -0.3 is 4.74 Å². The summed E-state index contributed by atoms with van der Waals surface area (Å²) >= 11 is 0. The van der Waals surface area contributed by atoms with Crippen LogP contribution in [0.25, 0.3) is 0 Å². The summed E-state index contributed by atoms with van der Waals surface area (Å²) in [5.74, 6) is -1.26. The van der Waals surface area contributed by atoms with E-state index in [0.29, 0.717) is 17.5 Å². The standard InChI is InChI=1S/C21H23F3O2/c1-4-19(3,21(22,23)24)18(25)26-20(5-2,16-12-8-6-9-13-16)17-14-10-7-11-15-17/h6-15H,4-5H2,1-3H3. The number of carbonyl (C=O) groups excluding carboxylic acids is 1. The van der Waals surface area contributed by atoms with Gasteiger partial charge in [-0.25, -0.2) is 0 Å². The van der Waals surface area contributed by atoms with E-state index in [-0.39, 0.29) is 0 Å². The molecule has 0 aliphatic carbocycles. The highest BCUT2D eigenvalue weighted by atomic mass is 19.4. The van der Waals surface area contributed by atoms with E-state index >= 15 is 0 Å². The van der Waals surface area contributed by atoms with Crippen molar-refractivity contribution in [1.82, 2.24) is 0 Å². The lowest BCUT2D eigenvalue weighted by atomic mass is 9.82. The van der Waals surface area contributed by atoms with E-state index in [1.165, 1.54) is 6.92 Å². The van der Waals surface area contributed by atoms with Crippen LogP contribution in [0.3, 0.4) is 0 Å². The number of hydrogen-bond acceptors (Lipinski definition) is 2. The van der Waals surface area contributed by atoms with E-state index in [2.05, 4.69) is 0 Å². The Morgan fingerprint density at radius 1 is 0.846 bits per heavy atom. The Morgan fingerprint density at radius 3 is 1.58 bits per heavy atom. The number of esters is 1. The first-order valence-electron chi connectivity index (χ1n) is 8.62. The van der Waals surface area contributed by atoms with Crippen molar-refractivity contribution in [2.24, 2.45) is 5.41 Å². The van der Waals surface area contributed by atoms with Gasteiger partial charge in [-0.3, -0.25) is 4.79 Å². The number of rotatable bonds is 6. The molecule has 0 bridgehead atoms. The summed E-state index contributed by atoms with van der Waals surface area (Å²) in [4.78, 5) is 12.7. The molecule has 2 nitrogen and oxygen atoms in total. The highest BCUT2D eigenvalue weighted by Crippen LogP contribution is 2.45. The predicted octanol–water partition coefficient (Wildman–Crippen LogP) is 5.86. The van der Waals surface area contributed by atoms with Crippen molar-refractivity contribution in [3.05, 3.63) is 71.8 Å². The first kappa shape index (κ1) is 20.0. The third-order valence-corrected chi connectivity index (χ3v) is 5.03. The maximum absolute atomic E-state index is 13.5. The van der Waals surface area contributed by atoms with Crippen molar-refractivity contribution in [2.45, 2.75) is 45.4 Å². The second kappa shape index (κ2) is 7.52. The van der Waals surface area contributed by atoms with E-state index in [1.807, 2.05) is 12.1 Å². The predicted molar refractivity (Wildman–Crippen MR) is 94.5 cm³/mol. The van der Waals surface area contributed by atoms with Crippen molar-refractivity contribution >= 4 is 5.97 Å². The average Bonchev–Trinajstić information content (AvgIpc) is 2.65. The van der Waals surface area contributed by atoms with Crippen LogP contribution in [0.5, 0.6) is 0 Å². The summed E-state index contributed by atoms with van der Waals surface area (Å²) in [6, 6.07) is 17.8. The minimum absolute atomic E-state index is 0.310. The lowest BCUT2D eigenvalue weighted by molar-refractivity contribution is -0.237. The zero-order valence-corrected chi connectivity index (χ0v) is 15.1. The number of benzene rings is 2. The van der Waals surface area contributed by atoms with Crippen LogP contribution in [0.15, 0.2) is 60.7 Å². The van der Waals surface area contributed by atoms with Crippen LogP contribution >= 0.6 is 0 Å². The summed E-state index contributed by atoms with van der Waals surface area (Å²) in [6.45, 7) is 4.03. The molecule has 140 valence electrons. The zero-order valence-electron chi connectivity index (χ0n) is 15.1. The highest BCUT2D eigenvalue weighted by Gasteiger charge is 2.58. The normalized spacial score (nSPS) is 14.5. The Hall–Kier alpha value is -2.30. The number of halogens is 3. The van der Waals surface area contributed by atoms with Gasteiger partial charge >= 0.3 is 12.1 Å². The molecule has 0 fully saturated rings. The molecular weight excluding hydrogens is 341 g/mol. The average molecular weight is 364 g/mol. The first-order valence-corrected chi connectivity index (χ1v) is 8.62. The molecule has 2 rings (SSSR count). The molecule has 0 saturated carbocycles. The molecule has 2 aromatic carbocycles. The SMILES string of the molecule is CCC(OC(=O)C(C)(CC)C(F)(F)F)(c1ccccc1)c1ccccc1. The molecule has 0 saturated heterocycles. The number of ether oxygens (including phenoxy) is 1. The van der Waals surface area contributed by atoms with Gasteiger partial charge in [0, 0.05) is 11.1 Å². The van der Waals surface area contributed by atoms with Crippen molar-refractivity contribution < 1.29 is 22.7 Å². The Labute approximate surface area is 152 Å². The third kappa shape index (κ3) is 3.48. The lowest BCUT2D eigenvalue weighted by Gasteiger charge is -2.38. The molecule has 0 N–H and O–H groups in total. The molecule has 1 atom stereocenters. The van der Waals surface area contributed by atoms with Crippen molar-refractivity contribution in [3.8, 4) is 0 Å². The summed E-state index contributed by atoms with van der Waals surface area (Å²) < 4.78 is 46.3. The van der Waals surface area contributed by atoms with Gasteiger partial charge in [-0.2, -0.15) is 13.2 Å². The topological polar surface area (TPSA) is 26.3 Å². The molecule has 1 unspecified atom stereocenters. The minimum atomic E-state index is -4.69. The maximum atomic E-state index is 13.5. The smallest absolute Gasteiger partial charge is 0.404 e. The van der Waals surface area contributed by atoms with Gasteiger partial charge in [-0.15, -0.1) is 0 Å². The second-order valence-corrected chi connectivity index (χ2v) is 6.49. The van der Waals surface area contributed by atoms with Crippen LogP contribution < -0.4 is 0 Å². The highest BCUT2D eigenvalue weighted by molar-refractivity contribution is 5.78. The molecular formula is C21H23F3O2. The largest absolute Gasteiger partial charge is 0.449 e. The van der Waals surface area contributed by atoms with E-state index in [4.69, 9.17) is 4.74 Å². The summed E-state index contributed by atoms with van der Waals surface area (Å²) in [7, 11) is 0. The monoisotopic (exact) mass is 364 g/mol.